The summed E-state index contributed by atoms with van der Waals surface area (Å²) in [6.45, 7) is 0.727. The van der Waals surface area contributed by atoms with Crippen molar-refractivity contribution in [2.24, 2.45) is 0 Å². The molecule has 1 fully saturated rings. The fourth-order valence-electron chi connectivity index (χ4n) is 4.29. The highest BCUT2D eigenvalue weighted by Gasteiger charge is 2.51. The van der Waals surface area contributed by atoms with Gasteiger partial charge in [0.15, 0.2) is 5.60 Å². The zero-order valence-corrected chi connectivity index (χ0v) is 23.4. The normalized spacial score (nSPS) is 19.3. The number of rotatable bonds is 8. The Morgan fingerprint density at radius 3 is 2.33 bits per heavy atom. The summed E-state index contributed by atoms with van der Waals surface area (Å²) < 4.78 is 95.3. The van der Waals surface area contributed by atoms with Crippen molar-refractivity contribution >= 4 is 37.1 Å². The Hall–Kier alpha value is -2.56. The van der Waals surface area contributed by atoms with Gasteiger partial charge in [-0.05, 0) is 48.2 Å². The Bertz CT molecular complexity index is 1480. The van der Waals surface area contributed by atoms with Crippen LogP contribution in [-0.2, 0) is 25.6 Å². The van der Waals surface area contributed by atoms with Gasteiger partial charge in [-0.3, -0.25) is 4.98 Å². The smallest absolute Gasteiger partial charge is 0.376 e. The minimum Gasteiger partial charge on any atom is -0.376 e. The number of aliphatic hydroxyl groups is 1. The number of hydrogen-bond donors (Lipinski definition) is 1. The lowest BCUT2D eigenvalue weighted by Crippen LogP contribution is -2.58. The topological polar surface area (TPSA) is 111 Å². The number of thiophene rings is 1. The molecule has 4 rings (SSSR count). The first-order valence-electron chi connectivity index (χ1n) is 11.7. The van der Waals surface area contributed by atoms with E-state index in [9.17, 15) is 35.1 Å². The van der Waals surface area contributed by atoms with Gasteiger partial charge in [0.25, 0.3) is 10.0 Å². The molecular weight excluding hydrogens is 577 g/mol. The van der Waals surface area contributed by atoms with E-state index in [1.807, 2.05) is 0 Å². The van der Waals surface area contributed by atoms with E-state index in [0.717, 1.165) is 27.8 Å². The first-order valence-corrected chi connectivity index (χ1v) is 15.5. The molecule has 1 aliphatic rings. The minimum atomic E-state index is -4.89. The van der Waals surface area contributed by atoms with Crippen molar-refractivity contribution in [2.75, 3.05) is 38.1 Å². The van der Waals surface area contributed by atoms with Gasteiger partial charge in [0, 0.05) is 51.3 Å². The number of anilines is 1. The number of piperazine rings is 1. The monoisotopic (exact) mass is 604 g/mol. The molecule has 39 heavy (non-hydrogen) atoms. The van der Waals surface area contributed by atoms with E-state index in [-0.39, 0.29) is 40.8 Å². The van der Waals surface area contributed by atoms with E-state index < -0.39 is 37.9 Å². The van der Waals surface area contributed by atoms with Crippen molar-refractivity contribution in [3.63, 3.8) is 0 Å². The number of likely N-dealkylation sites (N-methyl/N-ethyl adjacent to an activating group) is 1. The third-order valence-electron chi connectivity index (χ3n) is 6.66. The van der Waals surface area contributed by atoms with Crippen LogP contribution in [0.2, 0.25) is 0 Å². The Balaban J connectivity index is 1.65. The van der Waals surface area contributed by atoms with Gasteiger partial charge >= 0.3 is 6.18 Å². The summed E-state index contributed by atoms with van der Waals surface area (Å²) in [6.07, 6.45) is -2.24. The molecule has 212 valence electrons. The molecule has 0 bridgehead atoms. The third kappa shape index (κ3) is 5.83. The number of aromatic nitrogens is 1. The maximum Gasteiger partial charge on any atom is 0.421 e. The zero-order chi connectivity index (χ0) is 28.6. The van der Waals surface area contributed by atoms with E-state index in [1.165, 1.54) is 54.1 Å². The second-order valence-corrected chi connectivity index (χ2v) is 14.4. The summed E-state index contributed by atoms with van der Waals surface area (Å²) in [7, 11) is -6.42. The quantitative estimate of drug-likeness (QED) is 0.421. The molecule has 1 aromatic carbocycles. The van der Waals surface area contributed by atoms with Crippen LogP contribution < -0.4 is 4.90 Å². The molecule has 1 N–H and O–H groups in total. The highest BCUT2D eigenvalue weighted by atomic mass is 32.2. The summed E-state index contributed by atoms with van der Waals surface area (Å²) in [5, 5.41) is 11.7. The molecule has 0 aliphatic carbocycles. The SMILES string of the molecule is CN(CC1CN(S(=O)(=O)c2cccs2)CCN1c1ccc(C(C)(O)C(F)(F)F)cc1)S(=O)(=O)c1cccnc1. The summed E-state index contributed by atoms with van der Waals surface area (Å²) in [5.41, 5.74) is -2.95. The van der Waals surface area contributed by atoms with Crippen molar-refractivity contribution in [3.05, 3.63) is 71.9 Å². The van der Waals surface area contributed by atoms with Crippen LogP contribution in [0.25, 0.3) is 0 Å². The number of halogens is 3. The summed E-state index contributed by atoms with van der Waals surface area (Å²) in [4.78, 5) is 5.59. The highest BCUT2D eigenvalue weighted by Crippen LogP contribution is 2.39. The zero-order valence-electron chi connectivity index (χ0n) is 21.0. The lowest BCUT2D eigenvalue weighted by Gasteiger charge is -2.43. The maximum atomic E-state index is 13.3. The number of alkyl halides is 3. The molecule has 1 saturated heterocycles. The van der Waals surface area contributed by atoms with Gasteiger partial charge in [-0.25, -0.2) is 16.8 Å². The van der Waals surface area contributed by atoms with E-state index >= 15 is 0 Å². The van der Waals surface area contributed by atoms with Crippen LogP contribution in [0.15, 0.2) is 75.4 Å². The van der Waals surface area contributed by atoms with E-state index in [1.54, 1.807) is 16.3 Å². The predicted molar refractivity (Wildman–Crippen MR) is 140 cm³/mol. The summed E-state index contributed by atoms with van der Waals surface area (Å²) in [5.74, 6) is 0. The molecule has 3 aromatic rings. The molecule has 1 aliphatic heterocycles. The van der Waals surface area contributed by atoms with Gasteiger partial charge in [0.1, 0.15) is 9.10 Å². The fourth-order valence-corrected chi connectivity index (χ4v) is 8.08. The Morgan fingerprint density at radius 1 is 1.08 bits per heavy atom. The molecule has 9 nitrogen and oxygen atoms in total. The molecule has 2 unspecified atom stereocenters. The standard InChI is InChI=1S/C24H27F3N4O5S3/c1-23(32,24(25,26)27)18-7-9-19(10-8-18)31-13-12-30(39(35,36)22-6-4-14-37-22)17-20(31)16-29(2)38(33,34)21-5-3-11-28-15-21/h3-11,14-15,20,32H,12-13,16-17H2,1-2H3. The number of pyridine rings is 1. The molecular formula is C24H27F3N4O5S3. The largest absolute Gasteiger partial charge is 0.421 e. The van der Waals surface area contributed by atoms with Gasteiger partial charge < -0.3 is 10.0 Å². The van der Waals surface area contributed by atoms with Crippen molar-refractivity contribution in [1.29, 1.82) is 0 Å². The minimum absolute atomic E-state index is 0.0309. The second kappa shape index (κ2) is 10.8. The van der Waals surface area contributed by atoms with Gasteiger partial charge in [-0.1, -0.05) is 18.2 Å². The van der Waals surface area contributed by atoms with Gasteiger partial charge in [0.2, 0.25) is 10.0 Å². The van der Waals surface area contributed by atoms with E-state index in [0.29, 0.717) is 12.6 Å². The first-order chi connectivity index (χ1) is 18.2. The average molecular weight is 605 g/mol. The van der Waals surface area contributed by atoms with Crippen molar-refractivity contribution in [1.82, 2.24) is 13.6 Å². The van der Waals surface area contributed by atoms with Crippen LogP contribution in [0.3, 0.4) is 0 Å². The molecule has 0 spiro atoms. The highest BCUT2D eigenvalue weighted by molar-refractivity contribution is 7.91. The number of nitrogens with zero attached hydrogens (tertiary/aromatic N) is 4. The molecule has 2 atom stereocenters. The van der Waals surface area contributed by atoms with Crippen LogP contribution in [0.4, 0.5) is 18.9 Å². The van der Waals surface area contributed by atoms with Crippen LogP contribution in [-0.4, -0.2) is 81.0 Å². The molecule has 0 saturated carbocycles. The fraction of sp³-hybridized carbons (Fsp3) is 0.375. The Kier molecular flexibility index (Phi) is 8.13. The maximum absolute atomic E-state index is 13.3. The number of sulfonamides is 2. The third-order valence-corrected chi connectivity index (χ3v) is 11.7. The lowest BCUT2D eigenvalue weighted by atomic mass is 9.95. The van der Waals surface area contributed by atoms with E-state index in [4.69, 9.17) is 0 Å². The number of hydrogen-bond acceptors (Lipinski definition) is 8. The van der Waals surface area contributed by atoms with Gasteiger partial charge in [-0.15, -0.1) is 11.3 Å². The van der Waals surface area contributed by atoms with Crippen LogP contribution >= 0.6 is 11.3 Å². The molecule has 3 heterocycles. The second-order valence-electron chi connectivity index (χ2n) is 9.23. The number of benzene rings is 1. The Labute approximate surface area is 229 Å². The lowest BCUT2D eigenvalue weighted by molar-refractivity contribution is -0.258. The van der Waals surface area contributed by atoms with Crippen LogP contribution in [0.5, 0.6) is 0 Å². The van der Waals surface area contributed by atoms with Crippen molar-refractivity contribution < 1.29 is 35.1 Å². The molecule has 0 amide bonds. The van der Waals surface area contributed by atoms with Crippen LogP contribution in [0, 0.1) is 0 Å². The van der Waals surface area contributed by atoms with Crippen molar-refractivity contribution in [3.8, 4) is 0 Å². The van der Waals surface area contributed by atoms with Crippen LogP contribution in [0.1, 0.15) is 12.5 Å². The predicted octanol–water partition coefficient (Wildman–Crippen LogP) is 3.11. The van der Waals surface area contributed by atoms with Gasteiger partial charge in [0.05, 0.1) is 6.04 Å². The molecule has 15 heteroatoms. The first kappa shape index (κ1) is 29.4. The summed E-state index contributed by atoms with van der Waals surface area (Å²) >= 11 is 1.07. The average Bonchev–Trinajstić information content (AvgIpc) is 3.45. The molecule has 2 aromatic heterocycles. The Morgan fingerprint density at radius 2 is 1.77 bits per heavy atom. The van der Waals surface area contributed by atoms with Gasteiger partial charge in [-0.2, -0.15) is 21.8 Å². The molecule has 0 radical (unpaired) electrons. The summed E-state index contributed by atoms with van der Waals surface area (Å²) in [6, 6.07) is 10.4. The van der Waals surface area contributed by atoms with Crippen molar-refractivity contribution in [2.45, 2.75) is 33.8 Å². The van der Waals surface area contributed by atoms with E-state index in [2.05, 4.69) is 4.98 Å².